The summed E-state index contributed by atoms with van der Waals surface area (Å²) in [5.74, 6) is -0.605. The maximum atomic E-state index is 12.9. The number of rotatable bonds is 5. The smallest absolute Gasteiger partial charge is 0.255 e. The lowest BCUT2D eigenvalue weighted by Gasteiger charge is -2.23. The monoisotopic (exact) mass is 362 g/mol. The molecule has 3 rings (SSSR count). The fraction of sp³-hybridized carbons (Fsp3) is 0.222. The summed E-state index contributed by atoms with van der Waals surface area (Å²) in [6, 6.07) is 12.2. The van der Waals surface area contributed by atoms with E-state index in [4.69, 9.17) is 28.9 Å². The van der Waals surface area contributed by atoms with Gasteiger partial charge in [-0.2, -0.15) is 0 Å². The van der Waals surface area contributed by atoms with Crippen molar-refractivity contribution < 1.29 is 9.59 Å². The Bertz CT molecular complexity index is 786. The highest BCUT2D eigenvalue weighted by molar-refractivity contribution is 6.43. The van der Waals surface area contributed by atoms with Gasteiger partial charge in [0.25, 0.3) is 5.91 Å². The number of primary amides is 1. The molecular weight excluding hydrogens is 347 g/mol. The van der Waals surface area contributed by atoms with Crippen LogP contribution in [-0.4, -0.2) is 22.8 Å². The van der Waals surface area contributed by atoms with Crippen molar-refractivity contribution in [1.82, 2.24) is 4.90 Å². The Morgan fingerprint density at radius 1 is 1.08 bits per heavy atom. The van der Waals surface area contributed by atoms with Crippen LogP contribution in [0.2, 0.25) is 10.0 Å². The first-order valence-electron chi connectivity index (χ1n) is 7.61. The van der Waals surface area contributed by atoms with Gasteiger partial charge in [0.05, 0.1) is 15.6 Å². The highest BCUT2D eigenvalue weighted by atomic mass is 35.5. The van der Waals surface area contributed by atoms with E-state index in [1.165, 1.54) is 0 Å². The zero-order valence-corrected chi connectivity index (χ0v) is 14.3. The van der Waals surface area contributed by atoms with Crippen LogP contribution >= 0.6 is 23.2 Å². The van der Waals surface area contributed by atoms with E-state index in [9.17, 15) is 9.59 Å². The second kappa shape index (κ2) is 6.83. The van der Waals surface area contributed by atoms with E-state index in [1.54, 1.807) is 35.2 Å². The van der Waals surface area contributed by atoms with E-state index in [0.717, 1.165) is 18.4 Å². The number of hydrogen-bond acceptors (Lipinski definition) is 2. The van der Waals surface area contributed by atoms with Crippen molar-refractivity contribution in [2.75, 3.05) is 0 Å². The summed E-state index contributed by atoms with van der Waals surface area (Å²) < 4.78 is 0. The van der Waals surface area contributed by atoms with Crippen LogP contribution in [0.25, 0.3) is 0 Å². The number of nitrogens with zero attached hydrogens (tertiary/aromatic N) is 1. The van der Waals surface area contributed by atoms with Gasteiger partial charge in [-0.15, -0.1) is 0 Å². The summed E-state index contributed by atoms with van der Waals surface area (Å²) in [4.78, 5) is 25.8. The van der Waals surface area contributed by atoms with Gasteiger partial charge in [0.2, 0.25) is 5.91 Å². The molecule has 2 amide bonds. The molecule has 0 unspecified atom stereocenters. The van der Waals surface area contributed by atoms with Crippen molar-refractivity contribution in [3.8, 4) is 0 Å². The van der Waals surface area contributed by atoms with Gasteiger partial charge in [-0.3, -0.25) is 9.59 Å². The van der Waals surface area contributed by atoms with Crippen LogP contribution in [0, 0.1) is 0 Å². The Morgan fingerprint density at radius 3 is 2.33 bits per heavy atom. The van der Waals surface area contributed by atoms with Crippen molar-refractivity contribution in [2.24, 2.45) is 5.73 Å². The summed E-state index contributed by atoms with van der Waals surface area (Å²) in [5, 5.41) is 0.642. The first-order chi connectivity index (χ1) is 11.5. The molecule has 0 aromatic heterocycles. The Balaban J connectivity index is 1.83. The molecule has 2 N–H and O–H groups in total. The molecule has 0 radical (unpaired) electrons. The van der Waals surface area contributed by atoms with Crippen LogP contribution in [0.15, 0.2) is 42.5 Å². The van der Waals surface area contributed by atoms with Crippen molar-refractivity contribution in [2.45, 2.75) is 25.4 Å². The number of nitrogens with two attached hydrogens (primary N) is 1. The predicted octanol–water partition coefficient (Wildman–Crippen LogP) is 3.90. The first kappa shape index (κ1) is 16.8. The number of amides is 2. The molecule has 0 heterocycles. The minimum absolute atomic E-state index is 0.135. The Kier molecular flexibility index (Phi) is 4.78. The van der Waals surface area contributed by atoms with Gasteiger partial charge in [-0.1, -0.05) is 41.4 Å². The highest BCUT2D eigenvalue weighted by Gasteiger charge is 2.34. The van der Waals surface area contributed by atoms with Gasteiger partial charge < -0.3 is 10.6 Å². The third-order valence-corrected chi connectivity index (χ3v) is 4.84. The van der Waals surface area contributed by atoms with Crippen LogP contribution in [-0.2, 0) is 6.54 Å². The topological polar surface area (TPSA) is 63.4 Å². The molecule has 0 atom stereocenters. The molecule has 1 fully saturated rings. The molecular formula is C18H16Cl2N2O2. The van der Waals surface area contributed by atoms with E-state index in [1.807, 2.05) is 12.1 Å². The molecule has 6 heteroatoms. The highest BCUT2D eigenvalue weighted by Crippen LogP contribution is 2.33. The van der Waals surface area contributed by atoms with Gasteiger partial charge in [0.1, 0.15) is 0 Å². The lowest BCUT2D eigenvalue weighted by atomic mass is 10.1. The number of benzene rings is 2. The zero-order chi connectivity index (χ0) is 17.3. The molecule has 1 aliphatic rings. The molecule has 24 heavy (non-hydrogen) atoms. The van der Waals surface area contributed by atoms with Gasteiger partial charge in [0.15, 0.2) is 0 Å². The van der Waals surface area contributed by atoms with Gasteiger partial charge >= 0.3 is 0 Å². The molecule has 124 valence electrons. The van der Waals surface area contributed by atoms with E-state index in [0.29, 0.717) is 22.7 Å². The minimum atomic E-state index is -0.470. The largest absolute Gasteiger partial charge is 0.366 e. The lowest BCUT2D eigenvalue weighted by molar-refractivity contribution is 0.0729. The maximum Gasteiger partial charge on any atom is 0.255 e. The molecule has 0 bridgehead atoms. The number of carbonyl (C=O) groups excluding carboxylic acids is 2. The predicted molar refractivity (Wildman–Crippen MR) is 94.3 cm³/mol. The van der Waals surface area contributed by atoms with Gasteiger partial charge in [-0.05, 0) is 42.7 Å². The zero-order valence-electron chi connectivity index (χ0n) is 12.8. The van der Waals surface area contributed by atoms with Crippen LogP contribution in [0.1, 0.15) is 39.1 Å². The average Bonchev–Trinajstić information content (AvgIpc) is 3.40. The van der Waals surface area contributed by atoms with Crippen molar-refractivity contribution in [3.63, 3.8) is 0 Å². The quantitative estimate of drug-likeness (QED) is 0.876. The molecule has 1 aliphatic carbocycles. The van der Waals surface area contributed by atoms with Crippen LogP contribution < -0.4 is 5.73 Å². The number of halogens is 2. The summed E-state index contributed by atoms with van der Waals surface area (Å²) in [6.45, 7) is 0.450. The van der Waals surface area contributed by atoms with E-state index in [2.05, 4.69) is 0 Å². The van der Waals surface area contributed by atoms with Gasteiger partial charge in [-0.25, -0.2) is 0 Å². The number of carbonyl (C=O) groups is 2. The summed E-state index contributed by atoms with van der Waals surface area (Å²) in [6.07, 6.45) is 1.95. The van der Waals surface area contributed by atoms with Crippen molar-refractivity contribution >= 4 is 35.0 Å². The molecule has 1 saturated carbocycles. The second-order valence-electron chi connectivity index (χ2n) is 5.83. The Labute approximate surface area is 150 Å². The van der Waals surface area contributed by atoms with Gasteiger partial charge in [0, 0.05) is 18.2 Å². The summed E-state index contributed by atoms with van der Waals surface area (Å²) >= 11 is 12.2. The first-order valence-corrected chi connectivity index (χ1v) is 8.36. The molecule has 0 aliphatic heterocycles. The molecule has 2 aromatic rings. The second-order valence-corrected chi connectivity index (χ2v) is 6.61. The molecule has 0 saturated heterocycles. The van der Waals surface area contributed by atoms with Crippen molar-refractivity contribution in [1.29, 1.82) is 0 Å². The van der Waals surface area contributed by atoms with Crippen LogP contribution in [0.5, 0.6) is 0 Å². The fourth-order valence-corrected chi connectivity index (χ4v) is 2.93. The van der Waals surface area contributed by atoms with Crippen LogP contribution in [0.4, 0.5) is 0 Å². The average molecular weight is 363 g/mol. The SMILES string of the molecule is NC(=O)c1ccc(CN(C(=O)c2cccc(Cl)c2Cl)C2CC2)cc1. The Hall–Kier alpha value is -2.04. The van der Waals surface area contributed by atoms with Crippen LogP contribution in [0.3, 0.4) is 0 Å². The maximum absolute atomic E-state index is 12.9. The molecule has 2 aromatic carbocycles. The Morgan fingerprint density at radius 2 is 1.75 bits per heavy atom. The fourth-order valence-electron chi connectivity index (χ4n) is 2.55. The third-order valence-electron chi connectivity index (χ3n) is 4.02. The van der Waals surface area contributed by atoms with E-state index >= 15 is 0 Å². The lowest BCUT2D eigenvalue weighted by Crippen LogP contribution is -2.32. The summed E-state index contributed by atoms with van der Waals surface area (Å²) in [5.41, 5.74) is 7.03. The molecule has 0 spiro atoms. The van der Waals surface area contributed by atoms with Crippen molar-refractivity contribution in [3.05, 3.63) is 69.2 Å². The third kappa shape index (κ3) is 3.55. The van der Waals surface area contributed by atoms with E-state index < -0.39 is 5.91 Å². The standard InChI is InChI=1S/C18H16Cl2N2O2/c19-15-3-1-2-14(16(15)20)18(24)22(13-8-9-13)10-11-4-6-12(7-5-11)17(21)23/h1-7,13H,8-10H2,(H2,21,23). The summed E-state index contributed by atoms with van der Waals surface area (Å²) in [7, 11) is 0. The number of hydrogen-bond donors (Lipinski definition) is 1. The molecule has 4 nitrogen and oxygen atoms in total. The minimum Gasteiger partial charge on any atom is -0.366 e. The normalized spacial score (nSPS) is 13.6. The van der Waals surface area contributed by atoms with E-state index in [-0.39, 0.29) is 17.0 Å².